The molecule has 1 aromatic carbocycles. The van der Waals surface area contributed by atoms with E-state index in [1.165, 1.54) is 0 Å². The molecule has 2 saturated heterocycles. The zero-order chi connectivity index (χ0) is 22.6. The highest BCUT2D eigenvalue weighted by atomic mass is 16.2. The molecule has 7 nitrogen and oxygen atoms in total. The van der Waals surface area contributed by atoms with Crippen LogP contribution >= 0.6 is 0 Å². The molecule has 4 aliphatic rings. The molecule has 3 fully saturated rings. The Labute approximate surface area is 190 Å². The number of piperazine rings is 1. The maximum atomic E-state index is 14.0. The third kappa shape index (κ3) is 3.16. The number of amides is 3. The molecule has 0 aromatic heterocycles. The molecular weight excluding hydrogens is 404 g/mol. The van der Waals surface area contributed by atoms with Gasteiger partial charge in [0.05, 0.1) is 11.5 Å². The fourth-order valence-electron chi connectivity index (χ4n) is 6.04. The smallest absolute Gasteiger partial charge is 0.255 e. The number of hydrogen-bond donors (Lipinski definition) is 0. The normalized spacial score (nSPS) is 25.6. The van der Waals surface area contributed by atoms with Crippen molar-refractivity contribution in [1.82, 2.24) is 19.6 Å². The molecule has 0 bridgehead atoms. The fraction of sp³-hybridized carbons (Fsp3) is 0.640. The van der Waals surface area contributed by atoms with E-state index >= 15 is 0 Å². The lowest BCUT2D eigenvalue weighted by atomic mass is 9.66. The summed E-state index contributed by atoms with van der Waals surface area (Å²) in [6.07, 6.45) is 3.03. The molecule has 0 N–H and O–H groups in total. The second-order valence-corrected chi connectivity index (χ2v) is 10.3. The molecule has 1 saturated carbocycles. The second-order valence-electron chi connectivity index (χ2n) is 10.3. The summed E-state index contributed by atoms with van der Waals surface area (Å²) in [5, 5.41) is 0. The van der Waals surface area contributed by atoms with Gasteiger partial charge in [0, 0.05) is 56.8 Å². The first kappa shape index (κ1) is 21.4. The van der Waals surface area contributed by atoms with Crippen LogP contribution in [-0.4, -0.2) is 95.2 Å². The predicted octanol–water partition coefficient (Wildman–Crippen LogP) is 1.79. The van der Waals surface area contributed by atoms with Crippen molar-refractivity contribution >= 4 is 17.7 Å². The summed E-state index contributed by atoms with van der Waals surface area (Å²) >= 11 is 0. The van der Waals surface area contributed by atoms with Crippen LogP contribution in [0.1, 0.15) is 54.9 Å². The number of likely N-dealkylation sites (N-methyl/N-ethyl adjacent to an activating group) is 1. The van der Waals surface area contributed by atoms with Gasteiger partial charge < -0.3 is 19.6 Å². The fourth-order valence-corrected chi connectivity index (χ4v) is 6.04. The SMILES string of the molecule is CC(C)N1C(=O)c2ccccc2C(C(=O)N2CCN(C)CC2)C12CN(C(=O)C1CCC1)C2. The number of carbonyl (C=O) groups is 3. The number of carbonyl (C=O) groups excluding carboxylic acids is 3. The highest BCUT2D eigenvalue weighted by molar-refractivity contribution is 6.03. The Morgan fingerprint density at radius 2 is 1.62 bits per heavy atom. The first-order chi connectivity index (χ1) is 15.3. The number of fused-ring (bicyclic) bond motifs is 1. The maximum Gasteiger partial charge on any atom is 0.255 e. The average molecular weight is 439 g/mol. The van der Waals surface area contributed by atoms with E-state index in [0.29, 0.717) is 31.7 Å². The maximum absolute atomic E-state index is 14.0. The molecule has 7 heteroatoms. The molecule has 5 rings (SSSR count). The summed E-state index contributed by atoms with van der Waals surface area (Å²) in [5.41, 5.74) is 0.788. The van der Waals surface area contributed by atoms with Gasteiger partial charge in [0.1, 0.15) is 0 Å². The minimum Gasteiger partial charge on any atom is -0.340 e. The van der Waals surface area contributed by atoms with Gasteiger partial charge in [-0.1, -0.05) is 24.6 Å². The molecule has 1 spiro atoms. The largest absolute Gasteiger partial charge is 0.340 e. The minimum atomic E-state index is -0.667. The van der Waals surface area contributed by atoms with Crippen LogP contribution in [0.15, 0.2) is 24.3 Å². The highest BCUT2D eigenvalue weighted by Gasteiger charge is 2.63. The standard InChI is InChI=1S/C25H34N4O3/c1-17(2)29-23(31)20-10-5-4-9-19(20)21(24(32)27-13-11-26(3)12-14-27)25(29)15-28(16-25)22(30)18-7-6-8-18/h4-5,9-10,17-18,21H,6-8,11-16H2,1-3H3. The van der Waals surface area contributed by atoms with Crippen LogP contribution in [0.5, 0.6) is 0 Å². The zero-order valence-corrected chi connectivity index (χ0v) is 19.4. The quantitative estimate of drug-likeness (QED) is 0.722. The summed E-state index contributed by atoms with van der Waals surface area (Å²) in [6, 6.07) is 7.53. The summed E-state index contributed by atoms with van der Waals surface area (Å²) in [5.74, 6) is -0.0400. The van der Waals surface area contributed by atoms with Crippen LogP contribution in [-0.2, 0) is 9.59 Å². The summed E-state index contributed by atoms with van der Waals surface area (Å²) in [6.45, 7) is 8.03. The Morgan fingerprint density at radius 3 is 2.22 bits per heavy atom. The van der Waals surface area contributed by atoms with Crippen LogP contribution in [0.2, 0.25) is 0 Å². The monoisotopic (exact) mass is 438 g/mol. The molecule has 0 radical (unpaired) electrons. The lowest BCUT2D eigenvalue weighted by molar-refractivity contribution is -0.162. The van der Waals surface area contributed by atoms with Gasteiger partial charge in [0.2, 0.25) is 11.8 Å². The Hall–Kier alpha value is -2.41. The molecule has 32 heavy (non-hydrogen) atoms. The molecule has 1 aromatic rings. The molecule has 3 heterocycles. The molecule has 1 aliphatic carbocycles. The van der Waals surface area contributed by atoms with Gasteiger partial charge in [-0.25, -0.2) is 0 Å². The summed E-state index contributed by atoms with van der Waals surface area (Å²) in [7, 11) is 2.08. The lowest BCUT2D eigenvalue weighted by Crippen LogP contribution is -2.79. The van der Waals surface area contributed by atoms with Crippen molar-refractivity contribution in [2.24, 2.45) is 5.92 Å². The number of nitrogens with zero attached hydrogens (tertiary/aromatic N) is 4. The van der Waals surface area contributed by atoms with E-state index in [2.05, 4.69) is 11.9 Å². The van der Waals surface area contributed by atoms with Gasteiger partial charge in [0.15, 0.2) is 0 Å². The van der Waals surface area contributed by atoms with Gasteiger partial charge in [-0.15, -0.1) is 0 Å². The predicted molar refractivity (Wildman–Crippen MR) is 121 cm³/mol. The van der Waals surface area contributed by atoms with Crippen molar-refractivity contribution in [3.8, 4) is 0 Å². The van der Waals surface area contributed by atoms with Gasteiger partial charge in [-0.2, -0.15) is 0 Å². The Kier molecular flexibility index (Phi) is 5.27. The van der Waals surface area contributed by atoms with E-state index in [-0.39, 0.29) is 29.7 Å². The number of benzene rings is 1. The molecule has 3 aliphatic heterocycles. The third-order valence-corrected chi connectivity index (χ3v) is 8.01. The lowest BCUT2D eigenvalue weighted by Gasteiger charge is -2.62. The number of likely N-dealkylation sites (tertiary alicyclic amines) is 1. The van der Waals surface area contributed by atoms with Gasteiger partial charge in [0.25, 0.3) is 5.91 Å². The van der Waals surface area contributed by atoms with Crippen molar-refractivity contribution in [2.75, 3.05) is 46.3 Å². The minimum absolute atomic E-state index is 0.0197. The van der Waals surface area contributed by atoms with E-state index in [1.54, 1.807) is 0 Å². The van der Waals surface area contributed by atoms with Crippen molar-refractivity contribution in [2.45, 2.75) is 50.6 Å². The van der Waals surface area contributed by atoms with Crippen molar-refractivity contribution < 1.29 is 14.4 Å². The third-order valence-electron chi connectivity index (χ3n) is 8.01. The van der Waals surface area contributed by atoms with Crippen molar-refractivity contribution in [3.05, 3.63) is 35.4 Å². The topological polar surface area (TPSA) is 64.2 Å². The van der Waals surface area contributed by atoms with Crippen LogP contribution in [0.3, 0.4) is 0 Å². The molecule has 1 unspecified atom stereocenters. The van der Waals surface area contributed by atoms with E-state index in [0.717, 1.165) is 37.9 Å². The first-order valence-corrected chi connectivity index (χ1v) is 12.0. The molecule has 3 amide bonds. The van der Waals surface area contributed by atoms with Crippen LogP contribution in [0, 0.1) is 5.92 Å². The van der Waals surface area contributed by atoms with Crippen molar-refractivity contribution in [3.63, 3.8) is 0 Å². The van der Waals surface area contributed by atoms with Gasteiger partial charge >= 0.3 is 0 Å². The molecule has 172 valence electrons. The van der Waals surface area contributed by atoms with E-state index in [4.69, 9.17) is 0 Å². The Morgan fingerprint density at radius 1 is 0.969 bits per heavy atom. The summed E-state index contributed by atoms with van der Waals surface area (Å²) in [4.78, 5) is 48.7. The average Bonchev–Trinajstić information content (AvgIpc) is 2.70. The second kappa shape index (κ2) is 7.87. The molecule has 1 atom stereocenters. The number of hydrogen-bond acceptors (Lipinski definition) is 4. The first-order valence-electron chi connectivity index (χ1n) is 12.0. The van der Waals surface area contributed by atoms with Gasteiger partial charge in [-0.3, -0.25) is 14.4 Å². The van der Waals surface area contributed by atoms with Crippen LogP contribution < -0.4 is 0 Å². The number of rotatable bonds is 3. The van der Waals surface area contributed by atoms with Crippen LogP contribution in [0.4, 0.5) is 0 Å². The summed E-state index contributed by atoms with van der Waals surface area (Å²) < 4.78 is 0. The van der Waals surface area contributed by atoms with Crippen molar-refractivity contribution in [1.29, 1.82) is 0 Å². The van der Waals surface area contributed by atoms with E-state index < -0.39 is 11.5 Å². The Bertz CT molecular complexity index is 927. The molecular formula is C25H34N4O3. The van der Waals surface area contributed by atoms with E-state index in [1.807, 2.05) is 52.8 Å². The van der Waals surface area contributed by atoms with Gasteiger partial charge in [-0.05, 0) is 45.4 Å². The van der Waals surface area contributed by atoms with E-state index in [9.17, 15) is 14.4 Å². The van der Waals surface area contributed by atoms with Crippen LogP contribution in [0.25, 0.3) is 0 Å². The zero-order valence-electron chi connectivity index (χ0n) is 19.4. The Balaban J connectivity index is 1.54. The highest BCUT2D eigenvalue weighted by Crippen LogP contribution is 2.49.